The lowest BCUT2D eigenvalue weighted by molar-refractivity contribution is 0.417. The molecule has 1 N–H and O–H groups in total. The molecule has 2 aromatic carbocycles. The smallest absolute Gasteiger partial charge is 0.196 e. The molecule has 0 amide bonds. The average Bonchev–Trinajstić information content (AvgIpc) is 2.95. The van der Waals surface area contributed by atoms with Crippen molar-refractivity contribution in [3.05, 3.63) is 53.8 Å². The number of nitrogens with one attached hydrogen (secondary N) is 1. The summed E-state index contributed by atoms with van der Waals surface area (Å²) in [7, 11) is 1.60. The van der Waals surface area contributed by atoms with E-state index in [9.17, 15) is 0 Å². The van der Waals surface area contributed by atoms with Crippen LogP contribution in [-0.2, 0) is 0 Å². The Morgan fingerprint density at radius 3 is 2.79 bits per heavy atom. The molecule has 5 nitrogen and oxygen atoms in total. The number of furan rings is 1. The number of nitrogens with zero attached hydrogens (tertiary/aromatic N) is 2. The number of benzene rings is 2. The number of rotatable bonds is 3. The topological polar surface area (TPSA) is 60.2 Å². The number of fused-ring (bicyclic) bond motifs is 3. The predicted molar refractivity (Wildman–Crippen MR) is 97.8 cm³/mol. The minimum Gasteiger partial charge on any atom is -0.495 e. The fourth-order valence-corrected chi connectivity index (χ4v) is 2.69. The van der Waals surface area contributed by atoms with Crippen molar-refractivity contribution in [2.75, 3.05) is 12.4 Å². The summed E-state index contributed by atoms with van der Waals surface area (Å²) in [6, 6.07) is 13.1. The summed E-state index contributed by atoms with van der Waals surface area (Å²) in [5.41, 5.74) is 2.83. The number of hydrogen-bond donors (Lipinski definition) is 1. The van der Waals surface area contributed by atoms with Gasteiger partial charge in [0.15, 0.2) is 11.4 Å². The lowest BCUT2D eigenvalue weighted by Gasteiger charge is -2.10. The summed E-state index contributed by atoms with van der Waals surface area (Å²) < 4.78 is 11.2. The molecule has 0 saturated heterocycles. The molecule has 2 heterocycles. The van der Waals surface area contributed by atoms with Crippen LogP contribution in [0.15, 0.2) is 53.2 Å². The van der Waals surface area contributed by atoms with E-state index in [-0.39, 0.29) is 12.4 Å². The highest BCUT2D eigenvalue weighted by Crippen LogP contribution is 2.35. The van der Waals surface area contributed by atoms with Crippen molar-refractivity contribution in [3.8, 4) is 5.75 Å². The monoisotopic (exact) mass is 361 g/mol. The number of anilines is 2. The van der Waals surface area contributed by atoms with E-state index in [4.69, 9.17) is 20.8 Å². The number of hydrogen-bond acceptors (Lipinski definition) is 5. The molecule has 0 aliphatic heterocycles. The van der Waals surface area contributed by atoms with E-state index >= 15 is 0 Å². The molecule has 0 aliphatic rings. The van der Waals surface area contributed by atoms with E-state index in [0.717, 1.165) is 16.5 Å². The van der Waals surface area contributed by atoms with Crippen molar-refractivity contribution in [2.24, 2.45) is 0 Å². The highest BCUT2D eigenvalue weighted by molar-refractivity contribution is 6.31. The van der Waals surface area contributed by atoms with Gasteiger partial charge in [0.1, 0.15) is 23.2 Å². The van der Waals surface area contributed by atoms with Crippen LogP contribution in [0, 0.1) is 0 Å². The van der Waals surface area contributed by atoms with Gasteiger partial charge < -0.3 is 14.5 Å². The summed E-state index contributed by atoms with van der Waals surface area (Å²) >= 11 is 6.07. The van der Waals surface area contributed by atoms with Gasteiger partial charge in [0, 0.05) is 10.4 Å². The van der Waals surface area contributed by atoms with E-state index in [1.54, 1.807) is 25.3 Å². The molecule has 24 heavy (non-hydrogen) atoms. The third-order valence-corrected chi connectivity index (χ3v) is 3.81. The summed E-state index contributed by atoms with van der Waals surface area (Å²) in [6.45, 7) is 0. The van der Waals surface area contributed by atoms with Gasteiger partial charge in [-0.15, -0.1) is 12.4 Å². The normalized spacial score (nSPS) is 10.6. The van der Waals surface area contributed by atoms with E-state index in [2.05, 4.69) is 15.3 Å². The molecule has 0 saturated carbocycles. The van der Waals surface area contributed by atoms with Crippen LogP contribution in [0.25, 0.3) is 22.1 Å². The Hall–Kier alpha value is -2.50. The number of halogens is 2. The Morgan fingerprint density at radius 1 is 1.12 bits per heavy atom. The van der Waals surface area contributed by atoms with Crippen LogP contribution in [0.3, 0.4) is 0 Å². The molecular weight excluding hydrogens is 349 g/mol. The first-order valence-corrected chi connectivity index (χ1v) is 7.37. The number of para-hydroxylation sites is 1. The highest BCUT2D eigenvalue weighted by atomic mass is 35.5. The van der Waals surface area contributed by atoms with Crippen molar-refractivity contribution in [2.45, 2.75) is 0 Å². The maximum atomic E-state index is 6.07. The fourth-order valence-electron chi connectivity index (χ4n) is 2.52. The first-order valence-electron chi connectivity index (χ1n) is 6.99. The zero-order valence-electron chi connectivity index (χ0n) is 12.6. The quantitative estimate of drug-likeness (QED) is 0.543. The Balaban J connectivity index is 0.00000169. The summed E-state index contributed by atoms with van der Waals surface area (Å²) in [4.78, 5) is 8.62. The average molecular weight is 362 g/mol. The molecule has 0 radical (unpaired) electrons. The van der Waals surface area contributed by atoms with E-state index in [1.165, 1.54) is 6.33 Å². The van der Waals surface area contributed by atoms with Gasteiger partial charge >= 0.3 is 0 Å². The minimum atomic E-state index is 0. The number of methoxy groups -OCH3 is 1. The number of ether oxygens (including phenoxy) is 1. The van der Waals surface area contributed by atoms with Gasteiger partial charge in [0.2, 0.25) is 0 Å². The number of aromatic nitrogens is 2. The van der Waals surface area contributed by atoms with Gasteiger partial charge in [-0.2, -0.15) is 0 Å². The van der Waals surface area contributed by atoms with Gasteiger partial charge in [-0.3, -0.25) is 0 Å². The van der Waals surface area contributed by atoms with E-state index in [1.807, 2.05) is 24.3 Å². The van der Waals surface area contributed by atoms with Crippen LogP contribution in [0.2, 0.25) is 5.02 Å². The maximum Gasteiger partial charge on any atom is 0.196 e. The second-order valence-electron chi connectivity index (χ2n) is 4.97. The second kappa shape index (κ2) is 6.55. The molecular formula is C17H13Cl2N3O2. The SMILES string of the molecule is COc1ccc(Cl)cc1Nc1ncnc2c1oc1ccccc12.Cl. The molecule has 0 atom stereocenters. The molecule has 2 aromatic heterocycles. The Bertz CT molecular complexity index is 1020. The summed E-state index contributed by atoms with van der Waals surface area (Å²) in [6.07, 6.45) is 1.50. The fraction of sp³-hybridized carbons (Fsp3) is 0.0588. The zero-order chi connectivity index (χ0) is 15.8. The third kappa shape index (κ3) is 2.72. The molecule has 0 fully saturated rings. The largest absolute Gasteiger partial charge is 0.495 e. The summed E-state index contributed by atoms with van der Waals surface area (Å²) in [5, 5.41) is 4.76. The molecule has 0 bridgehead atoms. The maximum absolute atomic E-state index is 6.07. The van der Waals surface area contributed by atoms with Crippen LogP contribution in [0.5, 0.6) is 5.75 Å². The minimum absolute atomic E-state index is 0. The first-order chi connectivity index (χ1) is 11.3. The molecule has 0 aliphatic carbocycles. The standard InChI is InChI=1S/C17H12ClN3O2.ClH/c1-22-14-7-6-10(18)8-12(14)21-17-16-15(19-9-20-17)11-4-2-3-5-13(11)23-16;/h2-9H,1H3,(H,19,20,21);1H. The second-order valence-corrected chi connectivity index (χ2v) is 5.40. The van der Waals surface area contributed by atoms with Gasteiger partial charge in [0.05, 0.1) is 12.8 Å². The molecule has 4 rings (SSSR count). The van der Waals surface area contributed by atoms with E-state index < -0.39 is 0 Å². The molecule has 0 unspecified atom stereocenters. The van der Waals surface area contributed by atoms with Crippen LogP contribution in [0.1, 0.15) is 0 Å². The lowest BCUT2D eigenvalue weighted by atomic mass is 10.2. The van der Waals surface area contributed by atoms with Gasteiger partial charge in [0.25, 0.3) is 0 Å². The van der Waals surface area contributed by atoms with Gasteiger partial charge in [-0.1, -0.05) is 23.7 Å². The molecule has 0 spiro atoms. The Kier molecular flexibility index (Phi) is 4.46. The van der Waals surface area contributed by atoms with E-state index in [0.29, 0.717) is 27.9 Å². The van der Waals surface area contributed by atoms with Crippen LogP contribution < -0.4 is 10.1 Å². The van der Waals surface area contributed by atoms with Crippen molar-refractivity contribution in [1.82, 2.24) is 9.97 Å². The lowest BCUT2D eigenvalue weighted by Crippen LogP contribution is -1.97. The molecule has 4 aromatic rings. The first kappa shape index (κ1) is 16.4. The molecule has 122 valence electrons. The third-order valence-electron chi connectivity index (χ3n) is 3.57. The van der Waals surface area contributed by atoms with Crippen LogP contribution in [0.4, 0.5) is 11.5 Å². The van der Waals surface area contributed by atoms with Crippen molar-refractivity contribution in [1.29, 1.82) is 0 Å². The summed E-state index contributed by atoms with van der Waals surface area (Å²) in [5.74, 6) is 1.23. The Morgan fingerprint density at radius 2 is 1.96 bits per heavy atom. The van der Waals surface area contributed by atoms with Gasteiger partial charge in [-0.25, -0.2) is 9.97 Å². The Labute approximate surface area is 149 Å². The van der Waals surface area contributed by atoms with Crippen molar-refractivity contribution >= 4 is 57.6 Å². The highest BCUT2D eigenvalue weighted by Gasteiger charge is 2.14. The van der Waals surface area contributed by atoms with Crippen LogP contribution >= 0.6 is 24.0 Å². The van der Waals surface area contributed by atoms with Crippen molar-refractivity contribution in [3.63, 3.8) is 0 Å². The predicted octanol–water partition coefficient (Wildman–Crippen LogP) is 5.20. The molecule has 7 heteroatoms. The van der Waals surface area contributed by atoms with Gasteiger partial charge in [-0.05, 0) is 30.3 Å². The van der Waals surface area contributed by atoms with Crippen LogP contribution in [-0.4, -0.2) is 17.1 Å². The van der Waals surface area contributed by atoms with Crippen molar-refractivity contribution < 1.29 is 9.15 Å². The zero-order valence-corrected chi connectivity index (χ0v) is 14.2.